The zero-order chi connectivity index (χ0) is 27.6. The van der Waals surface area contributed by atoms with Gasteiger partial charge in [-0.1, -0.05) is 115 Å². The van der Waals surface area contributed by atoms with Crippen LogP contribution in [0.3, 0.4) is 0 Å². The lowest BCUT2D eigenvalue weighted by molar-refractivity contribution is 0.631. The number of rotatable bonds is 3. The molecule has 0 saturated heterocycles. The third kappa shape index (κ3) is 3.45. The van der Waals surface area contributed by atoms with Crippen LogP contribution in [0, 0.1) is 0 Å². The quantitative estimate of drug-likeness (QED) is 0.210. The van der Waals surface area contributed by atoms with Crippen LogP contribution in [-0.2, 0) is 0 Å². The maximum Gasteiger partial charge on any atom is 0.136 e. The average molecular weight is 537 g/mol. The van der Waals surface area contributed by atoms with E-state index in [2.05, 4.69) is 127 Å². The number of hydrogen-bond acceptors (Lipinski definition) is 2. The summed E-state index contributed by atoms with van der Waals surface area (Å²) in [4.78, 5) is 0. The molecule has 42 heavy (non-hydrogen) atoms. The third-order valence-electron chi connectivity index (χ3n) is 8.45. The summed E-state index contributed by atoms with van der Waals surface area (Å²) in [7, 11) is 0. The zero-order valence-electron chi connectivity index (χ0n) is 22.7. The fourth-order valence-electron chi connectivity index (χ4n) is 6.56. The standard InChI is InChI=1S/C40H24O2/c1-3-11-25(12-4-1)35-22-28-23-38-34(24-36(28)41-35)29-20-19-27(21-37(29)42-38)40-32-17-9-7-15-30(32)39(26-13-5-2-6-14-26)31-16-8-10-18-33(31)40/h1-24H. The summed E-state index contributed by atoms with van der Waals surface area (Å²) in [5.41, 5.74) is 8.53. The molecular weight excluding hydrogens is 512 g/mol. The normalized spacial score (nSPS) is 11.8. The second-order valence-electron chi connectivity index (χ2n) is 10.9. The minimum absolute atomic E-state index is 0.863. The molecule has 2 aromatic heterocycles. The van der Waals surface area contributed by atoms with Gasteiger partial charge in [0.25, 0.3) is 0 Å². The molecule has 0 N–H and O–H groups in total. The molecule has 196 valence electrons. The van der Waals surface area contributed by atoms with E-state index in [0.29, 0.717) is 0 Å². The number of fused-ring (bicyclic) bond motifs is 6. The SMILES string of the molecule is c1ccc(-c2cc3cc4oc5cc(-c6c7ccccc7c(-c7ccccc7)c7ccccc67)ccc5c4cc3o2)cc1. The summed E-state index contributed by atoms with van der Waals surface area (Å²) >= 11 is 0. The Kier molecular flexibility index (Phi) is 4.93. The molecule has 0 aliphatic rings. The van der Waals surface area contributed by atoms with Crippen molar-refractivity contribution in [1.82, 2.24) is 0 Å². The first-order valence-corrected chi connectivity index (χ1v) is 14.3. The molecule has 9 rings (SSSR count). The van der Waals surface area contributed by atoms with E-state index < -0.39 is 0 Å². The number of benzene rings is 7. The molecule has 0 atom stereocenters. The van der Waals surface area contributed by atoms with Crippen LogP contribution in [0.4, 0.5) is 0 Å². The van der Waals surface area contributed by atoms with Gasteiger partial charge in [-0.25, -0.2) is 0 Å². The van der Waals surface area contributed by atoms with E-state index in [1.807, 2.05) is 18.2 Å². The van der Waals surface area contributed by atoms with Crippen LogP contribution in [0.5, 0.6) is 0 Å². The second-order valence-corrected chi connectivity index (χ2v) is 10.9. The summed E-state index contributed by atoms with van der Waals surface area (Å²) in [6.45, 7) is 0. The Morgan fingerprint density at radius 1 is 0.310 bits per heavy atom. The Labute approximate surface area is 242 Å². The Balaban J connectivity index is 1.27. The van der Waals surface area contributed by atoms with Crippen molar-refractivity contribution >= 4 is 54.5 Å². The van der Waals surface area contributed by atoms with E-state index in [4.69, 9.17) is 8.83 Å². The summed E-state index contributed by atoms with van der Waals surface area (Å²) in [5.74, 6) is 0.863. The van der Waals surface area contributed by atoms with Gasteiger partial charge in [0, 0.05) is 21.7 Å². The van der Waals surface area contributed by atoms with Crippen molar-refractivity contribution < 1.29 is 8.83 Å². The maximum absolute atomic E-state index is 6.51. The van der Waals surface area contributed by atoms with Crippen molar-refractivity contribution in [3.63, 3.8) is 0 Å². The fraction of sp³-hybridized carbons (Fsp3) is 0. The molecule has 0 radical (unpaired) electrons. The molecular formula is C40H24O2. The molecule has 2 nitrogen and oxygen atoms in total. The van der Waals surface area contributed by atoms with Crippen molar-refractivity contribution in [1.29, 1.82) is 0 Å². The fourth-order valence-corrected chi connectivity index (χ4v) is 6.56. The van der Waals surface area contributed by atoms with Crippen LogP contribution in [0.1, 0.15) is 0 Å². The molecule has 0 aliphatic carbocycles. The lowest BCUT2D eigenvalue weighted by Gasteiger charge is -2.17. The minimum Gasteiger partial charge on any atom is -0.456 e. The van der Waals surface area contributed by atoms with Crippen LogP contribution < -0.4 is 0 Å². The van der Waals surface area contributed by atoms with Crippen LogP contribution in [0.25, 0.3) is 88.0 Å². The predicted octanol–water partition coefficient (Wildman–Crippen LogP) is 11.6. The van der Waals surface area contributed by atoms with Gasteiger partial charge < -0.3 is 8.83 Å². The summed E-state index contributed by atoms with van der Waals surface area (Å²) in [5, 5.41) is 8.14. The molecule has 0 bridgehead atoms. The third-order valence-corrected chi connectivity index (χ3v) is 8.45. The van der Waals surface area contributed by atoms with Gasteiger partial charge in [0.1, 0.15) is 22.5 Å². The van der Waals surface area contributed by atoms with Crippen LogP contribution in [0.2, 0.25) is 0 Å². The summed E-state index contributed by atoms with van der Waals surface area (Å²) < 4.78 is 12.8. The molecule has 9 aromatic rings. The van der Waals surface area contributed by atoms with Crippen molar-refractivity contribution in [3.8, 4) is 33.6 Å². The highest BCUT2D eigenvalue weighted by molar-refractivity contribution is 6.22. The van der Waals surface area contributed by atoms with Gasteiger partial charge in [-0.05, 0) is 74.1 Å². The highest BCUT2D eigenvalue weighted by Crippen LogP contribution is 2.45. The van der Waals surface area contributed by atoms with Crippen molar-refractivity contribution in [3.05, 3.63) is 146 Å². The van der Waals surface area contributed by atoms with E-state index in [9.17, 15) is 0 Å². The topological polar surface area (TPSA) is 26.3 Å². The zero-order valence-corrected chi connectivity index (χ0v) is 22.7. The van der Waals surface area contributed by atoms with E-state index >= 15 is 0 Å². The van der Waals surface area contributed by atoms with Gasteiger partial charge >= 0.3 is 0 Å². The first kappa shape index (κ1) is 23.1. The first-order chi connectivity index (χ1) is 20.8. The highest BCUT2D eigenvalue weighted by Gasteiger charge is 2.18. The number of furan rings is 2. The first-order valence-electron chi connectivity index (χ1n) is 14.3. The van der Waals surface area contributed by atoms with Crippen molar-refractivity contribution in [2.45, 2.75) is 0 Å². The van der Waals surface area contributed by atoms with Gasteiger partial charge in [-0.2, -0.15) is 0 Å². The van der Waals surface area contributed by atoms with Crippen LogP contribution in [-0.4, -0.2) is 0 Å². The molecule has 2 heteroatoms. The lowest BCUT2D eigenvalue weighted by Crippen LogP contribution is -1.90. The van der Waals surface area contributed by atoms with E-state index in [1.165, 1.54) is 38.2 Å². The molecule has 2 heterocycles. The molecule has 0 fully saturated rings. The van der Waals surface area contributed by atoms with E-state index in [0.717, 1.165) is 49.8 Å². The van der Waals surface area contributed by atoms with Gasteiger partial charge in [0.2, 0.25) is 0 Å². The molecule has 0 unspecified atom stereocenters. The van der Waals surface area contributed by atoms with Crippen molar-refractivity contribution in [2.24, 2.45) is 0 Å². The van der Waals surface area contributed by atoms with Crippen LogP contribution in [0.15, 0.2) is 154 Å². The minimum atomic E-state index is 0.863. The Bertz CT molecular complexity index is 2390. The molecule has 0 saturated carbocycles. The van der Waals surface area contributed by atoms with Gasteiger partial charge in [-0.15, -0.1) is 0 Å². The van der Waals surface area contributed by atoms with Gasteiger partial charge in [0.05, 0.1) is 0 Å². The molecule has 0 amide bonds. The largest absolute Gasteiger partial charge is 0.456 e. The highest BCUT2D eigenvalue weighted by atomic mass is 16.3. The Morgan fingerprint density at radius 3 is 1.50 bits per heavy atom. The Morgan fingerprint density at radius 2 is 0.857 bits per heavy atom. The van der Waals surface area contributed by atoms with Gasteiger partial charge in [-0.3, -0.25) is 0 Å². The monoisotopic (exact) mass is 536 g/mol. The molecule has 7 aromatic carbocycles. The molecule has 0 aliphatic heterocycles. The molecule has 0 spiro atoms. The second kappa shape index (κ2) is 8.95. The lowest BCUT2D eigenvalue weighted by atomic mass is 9.86. The van der Waals surface area contributed by atoms with Crippen LogP contribution >= 0.6 is 0 Å². The maximum atomic E-state index is 6.51. The van der Waals surface area contributed by atoms with Crippen molar-refractivity contribution in [2.75, 3.05) is 0 Å². The van der Waals surface area contributed by atoms with Gasteiger partial charge in [0.15, 0.2) is 0 Å². The summed E-state index contributed by atoms with van der Waals surface area (Å²) in [6.07, 6.45) is 0. The predicted molar refractivity (Wildman–Crippen MR) is 175 cm³/mol. The van der Waals surface area contributed by atoms with E-state index in [1.54, 1.807) is 0 Å². The smallest absolute Gasteiger partial charge is 0.136 e. The number of hydrogen-bond donors (Lipinski definition) is 0. The Hall–Kier alpha value is -5.60. The van der Waals surface area contributed by atoms with E-state index in [-0.39, 0.29) is 0 Å². The summed E-state index contributed by atoms with van der Waals surface area (Å²) in [6, 6.07) is 51.3. The average Bonchev–Trinajstić information content (AvgIpc) is 3.63.